The molecule has 0 spiro atoms. The number of nitrogens with zero attached hydrogens (tertiary/aromatic N) is 1. The molecule has 1 aromatic heterocycles. The number of hydrogen-bond donors (Lipinski definition) is 1. The lowest BCUT2D eigenvalue weighted by Crippen LogP contribution is -1.80. The van der Waals surface area contributed by atoms with Gasteiger partial charge >= 0.3 is 0 Å². The average Bonchev–Trinajstić information content (AvgIpc) is 2.71. The van der Waals surface area contributed by atoms with Gasteiger partial charge in [0.1, 0.15) is 22.5 Å². The smallest absolute Gasteiger partial charge is 0.145 e. The largest absolute Gasteiger partial charge is 0.507 e. The van der Waals surface area contributed by atoms with E-state index >= 15 is 0 Å². The van der Waals surface area contributed by atoms with Crippen LogP contribution in [0.5, 0.6) is 5.75 Å². The van der Waals surface area contributed by atoms with Gasteiger partial charge in [-0.3, -0.25) is 0 Å². The molecule has 0 aliphatic heterocycles. The molecule has 0 fully saturated rings. The minimum Gasteiger partial charge on any atom is -0.507 e. The summed E-state index contributed by atoms with van der Waals surface area (Å²) in [6.07, 6.45) is 0. The number of thiophene rings is 1. The van der Waals surface area contributed by atoms with Crippen LogP contribution in [0.15, 0.2) is 24.3 Å². The number of phenolic OH excluding ortho intramolecular Hbond substituents is 1. The molecule has 0 saturated carbocycles. The zero-order valence-corrected chi connectivity index (χ0v) is 9.44. The fourth-order valence-electron chi connectivity index (χ4n) is 1.28. The predicted molar refractivity (Wildman–Crippen MR) is 61.1 cm³/mol. The second-order valence-corrected chi connectivity index (χ2v) is 4.55. The van der Waals surface area contributed by atoms with Crippen LogP contribution in [-0.2, 0) is 0 Å². The lowest BCUT2D eigenvalue weighted by atomic mass is 10.1. The van der Waals surface area contributed by atoms with Crippen molar-refractivity contribution in [1.82, 2.24) is 0 Å². The molecule has 0 aliphatic carbocycles. The maximum Gasteiger partial charge on any atom is 0.145 e. The molecule has 1 N–H and O–H groups in total. The maximum absolute atomic E-state index is 13.0. The number of rotatable bonds is 1. The summed E-state index contributed by atoms with van der Waals surface area (Å²) in [6.45, 7) is 0. The molecule has 2 aromatic rings. The molecule has 16 heavy (non-hydrogen) atoms. The molecule has 2 nitrogen and oxygen atoms in total. The first-order valence-corrected chi connectivity index (χ1v) is 5.49. The minimum absolute atomic E-state index is 0.0558. The van der Waals surface area contributed by atoms with Crippen molar-refractivity contribution in [3.8, 4) is 22.3 Å². The lowest BCUT2D eigenvalue weighted by molar-refractivity contribution is 0.471. The summed E-state index contributed by atoms with van der Waals surface area (Å²) in [7, 11) is 0. The standard InChI is InChI=1S/C11H5ClFNOS/c12-8-3-7(10(15)4-9(8)13)11-2-1-6(5-14)16-11/h1-4,15H. The van der Waals surface area contributed by atoms with E-state index in [4.69, 9.17) is 16.9 Å². The third-order valence-corrected chi connectivity index (χ3v) is 3.33. The van der Waals surface area contributed by atoms with Crippen molar-refractivity contribution in [2.24, 2.45) is 0 Å². The summed E-state index contributed by atoms with van der Waals surface area (Å²) in [5.74, 6) is -0.854. The summed E-state index contributed by atoms with van der Waals surface area (Å²) >= 11 is 6.84. The van der Waals surface area contributed by atoms with E-state index in [0.717, 1.165) is 6.07 Å². The second kappa shape index (κ2) is 4.12. The Labute approximate surface area is 100 Å². The number of hydrogen-bond acceptors (Lipinski definition) is 3. The molecule has 1 aromatic carbocycles. The highest BCUT2D eigenvalue weighted by molar-refractivity contribution is 7.16. The van der Waals surface area contributed by atoms with E-state index in [-0.39, 0.29) is 10.8 Å². The van der Waals surface area contributed by atoms with Crippen LogP contribution in [0.1, 0.15) is 4.88 Å². The van der Waals surface area contributed by atoms with Crippen molar-refractivity contribution in [3.05, 3.63) is 40.0 Å². The molecule has 0 amide bonds. The van der Waals surface area contributed by atoms with Crippen LogP contribution in [0, 0.1) is 17.1 Å². The summed E-state index contributed by atoms with van der Waals surface area (Å²) in [4.78, 5) is 1.20. The van der Waals surface area contributed by atoms with Crippen molar-refractivity contribution < 1.29 is 9.50 Å². The van der Waals surface area contributed by atoms with Crippen molar-refractivity contribution in [1.29, 1.82) is 5.26 Å². The van der Waals surface area contributed by atoms with Crippen LogP contribution < -0.4 is 0 Å². The fraction of sp³-hybridized carbons (Fsp3) is 0. The van der Waals surface area contributed by atoms with Crippen LogP contribution in [0.4, 0.5) is 4.39 Å². The Bertz CT molecular complexity index is 588. The molecular formula is C11H5ClFNOS. The van der Waals surface area contributed by atoms with Crippen LogP contribution in [0.2, 0.25) is 5.02 Å². The van der Waals surface area contributed by atoms with Crippen LogP contribution >= 0.6 is 22.9 Å². The van der Waals surface area contributed by atoms with Crippen LogP contribution in [-0.4, -0.2) is 5.11 Å². The molecule has 0 saturated heterocycles. The first-order valence-electron chi connectivity index (χ1n) is 4.30. The molecule has 1 heterocycles. The molecule has 5 heteroatoms. The monoisotopic (exact) mass is 253 g/mol. The second-order valence-electron chi connectivity index (χ2n) is 3.06. The number of aromatic hydroxyl groups is 1. The summed E-state index contributed by atoms with van der Waals surface area (Å²) in [5.41, 5.74) is 0.429. The van der Waals surface area contributed by atoms with E-state index in [9.17, 15) is 9.50 Å². The predicted octanol–water partition coefficient (Wildman–Crippen LogP) is 3.78. The first-order chi connectivity index (χ1) is 7.61. The van der Waals surface area contributed by atoms with Crippen molar-refractivity contribution in [2.45, 2.75) is 0 Å². The molecule has 0 atom stereocenters. The lowest BCUT2D eigenvalue weighted by Gasteiger charge is -2.03. The average molecular weight is 254 g/mol. The van der Waals surface area contributed by atoms with Gasteiger partial charge in [-0.1, -0.05) is 11.6 Å². The molecular weight excluding hydrogens is 249 g/mol. The first kappa shape index (κ1) is 10.9. The normalized spacial score (nSPS) is 10.1. The quantitative estimate of drug-likeness (QED) is 0.840. The van der Waals surface area contributed by atoms with Crippen LogP contribution in [0.25, 0.3) is 10.4 Å². The Kier molecular flexibility index (Phi) is 2.82. The molecule has 0 radical (unpaired) electrons. The van der Waals surface area contributed by atoms with Gasteiger partial charge in [-0.15, -0.1) is 11.3 Å². The molecule has 0 unspecified atom stereocenters. The van der Waals surface area contributed by atoms with Crippen molar-refractivity contribution in [3.63, 3.8) is 0 Å². The summed E-state index contributed by atoms with van der Waals surface area (Å²) in [5, 5.41) is 18.2. The van der Waals surface area contributed by atoms with E-state index in [1.165, 1.54) is 17.4 Å². The topological polar surface area (TPSA) is 44.0 Å². The molecule has 2 rings (SSSR count). The number of benzene rings is 1. The summed E-state index contributed by atoms with van der Waals surface area (Å²) in [6, 6.07) is 7.62. The fourth-order valence-corrected chi connectivity index (χ4v) is 2.27. The Morgan fingerprint density at radius 3 is 2.75 bits per heavy atom. The van der Waals surface area contributed by atoms with Gasteiger partial charge in [0.05, 0.1) is 5.02 Å². The molecule has 0 aliphatic rings. The van der Waals surface area contributed by atoms with Gasteiger partial charge < -0.3 is 5.11 Å². The highest BCUT2D eigenvalue weighted by Crippen LogP contribution is 2.37. The third-order valence-electron chi connectivity index (χ3n) is 2.02. The van der Waals surface area contributed by atoms with Gasteiger partial charge in [-0.05, 0) is 18.2 Å². The van der Waals surface area contributed by atoms with E-state index in [2.05, 4.69) is 0 Å². The minimum atomic E-state index is -0.667. The van der Waals surface area contributed by atoms with E-state index in [0.29, 0.717) is 15.3 Å². The Morgan fingerprint density at radius 1 is 1.38 bits per heavy atom. The molecule has 0 bridgehead atoms. The summed E-state index contributed by atoms with van der Waals surface area (Å²) < 4.78 is 13.0. The Hall–Kier alpha value is -1.57. The van der Waals surface area contributed by atoms with E-state index in [1.807, 2.05) is 6.07 Å². The van der Waals surface area contributed by atoms with Gasteiger partial charge in [0.15, 0.2) is 0 Å². The van der Waals surface area contributed by atoms with E-state index in [1.54, 1.807) is 12.1 Å². The molecule has 80 valence electrons. The Morgan fingerprint density at radius 2 is 2.12 bits per heavy atom. The number of nitriles is 1. The maximum atomic E-state index is 13.0. The zero-order valence-electron chi connectivity index (χ0n) is 7.87. The number of phenols is 1. The van der Waals surface area contributed by atoms with Gasteiger partial charge in [0.2, 0.25) is 0 Å². The van der Waals surface area contributed by atoms with Gasteiger partial charge in [0.25, 0.3) is 0 Å². The third kappa shape index (κ3) is 1.87. The highest BCUT2D eigenvalue weighted by atomic mass is 35.5. The van der Waals surface area contributed by atoms with Gasteiger partial charge in [-0.25, -0.2) is 4.39 Å². The Balaban J connectivity index is 2.56. The van der Waals surface area contributed by atoms with Crippen molar-refractivity contribution in [2.75, 3.05) is 0 Å². The zero-order chi connectivity index (χ0) is 11.7. The van der Waals surface area contributed by atoms with Gasteiger partial charge in [0, 0.05) is 16.5 Å². The van der Waals surface area contributed by atoms with Crippen LogP contribution in [0.3, 0.4) is 0 Å². The van der Waals surface area contributed by atoms with Crippen molar-refractivity contribution >= 4 is 22.9 Å². The van der Waals surface area contributed by atoms with Gasteiger partial charge in [-0.2, -0.15) is 5.26 Å². The SMILES string of the molecule is N#Cc1ccc(-c2cc(Cl)c(F)cc2O)s1. The number of halogens is 2. The van der Waals surface area contributed by atoms with E-state index < -0.39 is 5.82 Å². The highest BCUT2D eigenvalue weighted by Gasteiger charge is 2.11.